The van der Waals surface area contributed by atoms with Gasteiger partial charge in [0, 0.05) is 24.5 Å². The first-order valence-corrected chi connectivity index (χ1v) is 6.23. The molecule has 6 heteroatoms. The van der Waals surface area contributed by atoms with E-state index in [1.54, 1.807) is 0 Å². The predicted molar refractivity (Wildman–Crippen MR) is 75.6 cm³/mol. The summed E-state index contributed by atoms with van der Waals surface area (Å²) in [7, 11) is 0. The van der Waals surface area contributed by atoms with Gasteiger partial charge in [-0.05, 0) is 12.5 Å². The van der Waals surface area contributed by atoms with Gasteiger partial charge in [-0.25, -0.2) is 0 Å². The molecule has 0 aliphatic carbocycles. The van der Waals surface area contributed by atoms with E-state index in [0.29, 0.717) is 24.2 Å². The molecule has 1 amide bonds. The number of carboxylic acid groups (broad SMARTS) is 1. The summed E-state index contributed by atoms with van der Waals surface area (Å²) in [6.45, 7) is 0.445. The molecule has 0 atom stereocenters. The van der Waals surface area contributed by atoms with Crippen LogP contribution in [0.2, 0.25) is 0 Å². The third-order valence-electron chi connectivity index (χ3n) is 2.91. The SMILES string of the molecule is NC(=O)c1cnc2ccccc2c1NCCCC(=O)O. The zero-order valence-corrected chi connectivity index (χ0v) is 10.8. The van der Waals surface area contributed by atoms with Crippen molar-refractivity contribution < 1.29 is 14.7 Å². The number of fused-ring (bicyclic) bond motifs is 1. The van der Waals surface area contributed by atoms with Crippen molar-refractivity contribution >= 4 is 28.5 Å². The van der Waals surface area contributed by atoms with E-state index in [-0.39, 0.29) is 6.42 Å². The third kappa shape index (κ3) is 3.03. The van der Waals surface area contributed by atoms with Gasteiger partial charge in [-0.2, -0.15) is 0 Å². The highest BCUT2D eigenvalue weighted by Gasteiger charge is 2.12. The fraction of sp³-hybridized carbons (Fsp3) is 0.214. The average molecular weight is 273 g/mol. The largest absolute Gasteiger partial charge is 0.481 e. The summed E-state index contributed by atoms with van der Waals surface area (Å²) in [5.74, 6) is -1.41. The highest BCUT2D eigenvalue weighted by molar-refractivity contribution is 6.06. The summed E-state index contributed by atoms with van der Waals surface area (Å²) in [6, 6.07) is 7.38. The molecular weight excluding hydrogens is 258 g/mol. The Kier molecular flexibility index (Phi) is 4.14. The molecule has 1 aromatic carbocycles. The van der Waals surface area contributed by atoms with E-state index in [9.17, 15) is 9.59 Å². The molecule has 0 aliphatic rings. The van der Waals surface area contributed by atoms with E-state index in [4.69, 9.17) is 10.8 Å². The number of carbonyl (C=O) groups is 2. The molecule has 0 radical (unpaired) electrons. The van der Waals surface area contributed by atoms with Gasteiger partial charge < -0.3 is 16.2 Å². The number of nitrogens with one attached hydrogen (secondary N) is 1. The number of anilines is 1. The van der Waals surface area contributed by atoms with Crippen LogP contribution in [0.15, 0.2) is 30.5 Å². The lowest BCUT2D eigenvalue weighted by atomic mass is 10.1. The number of nitrogens with two attached hydrogens (primary N) is 1. The molecule has 2 aromatic rings. The summed E-state index contributed by atoms with van der Waals surface area (Å²) >= 11 is 0. The van der Waals surface area contributed by atoms with Crippen molar-refractivity contribution in [1.82, 2.24) is 4.98 Å². The number of carbonyl (C=O) groups excluding carboxylic acids is 1. The Bertz CT molecular complexity index is 655. The monoisotopic (exact) mass is 273 g/mol. The molecule has 0 spiro atoms. The van der Waals surface area contributed by atoms with Gasteiger partial charge in [0.15, 0.2) is 0 Å². The van der Waals surface area contributed by atoms with Crippen molar-refractivity contribution in [1.29, 1.82) is 0 Å². The van der Waals surface area contributed by atoms with Gasteiger partial charge >= 0.3 is 5.97 Å². The van der Waals surface area contributed by atoms with Gasteiger partial charge in [0.1, 0.15) is 0 Å². The maximum Gasteiger partial charge on any atom is 0.303 e. The van der Waals surface area contributed by atoms with E-state index >= 15 is 0 Å². The minimum Gasteiger partial charge on any atom is -0.481 e. The van der Waals surface area contributed by atoms with E-state index in [0.717, 1.165) is 10.9 Å². The number of benzene rings is 1. The Morgan fingerprint density at radius 3 is 2.75 bits per heavy atom. The maximum atomic E-state index is 11.5. The lowest BCUT2D eigenvalue weighted by Crippen LogP contribution is -2.16. The smallest absolute Gasteiger partial charge is 0.303 e. The lowest BCUT2D eigenvalue weighted by Gasteiger charge is -2.12. The van der Waals surface area contributed by atoms with Crippen LogP contribution in [-0.2, 0) is 4.79 Å². The molecule has 0 saturated carbocycles. The number of carboxylic acids is 1. The Morgan fingerprint density at radius 1 is 1.30 bits per heavy atom. The standard InChI is InChI=1S/C14H15N3O3/c15-14(20)10-8-17-11-5-2-1-4-9(11)13(10)16-7-3-6-12(18)19/h1-2,4-5,8H,3,6-7H2,(H2,15,20)(H,16,17)(H,18,19). The Labute approximate surface area is 115 Å². The maximum absolute atomic E-state index is 11.5. The number of pyridine rings is 1. The van der Waals surface area contributed by atoms with E-state index in [1.807, 2.05) is 24.3 Å². The Balaban J connectivity index is 2.30. The van der Waals surface area contributed by atoms with Crippen LogP contribution in [-0.4, -0.2) is 28.5 Å². The number of hydrogen-bond acceptors (Lipinski definition) is 4. The van der Waals surface area contributed by atoms with Crippen molar-refractivity contribution in [3.8, 4) is 0 Å². The third-order valence-corrected chi connectivity index (χ3v) is 2.91. The molecule has 0 bridgehead atoms. The first-order valence-electron chi connectivity index (χ1n) is 6.23. The zero-order chi connectivity index (χ0) is 14.5. The van der Waals surface area contributed by atoms with Gasteiger partial charge in [0.25, 0.3) is 5.91 Å². The van der Waals surface area contributed by atoms with Gasteiger partial charge in [0.2, 0.25) is 0 Å². The van der Waals surface area contributed by atoms with Gasteiger partial charge in [0.05, 0.1) is 16.8 Å². The van der Waals surface area contributed by atoms with Crippen molar-refractivity contribution in [2.45, 2.75) is 12.8 Å². The molecule has 1 heterocycles. The van der Waals surface area contributed by atoms with Crippen LogP contribution in [0.25, 0.3) is 10.9 Å². The number of nitrogens with zero attached hydrogens (tertiary/aromatic N) is 1. The van der Waals surface area contributed by atoms with Crippen LogP contribution in [0.5, 0.6) is 0 Å². The van der Waals surface area contributed by atoms with Crippen LogP contribution >= 0.6 is 0 Å². The molecule has 0 fully saturated rings. The molecule has 4 N–H and O–H groups in total. The van der Waals surface area contributed by atoms with Crippen LogP contribution in [0.1, 0.15) is 23.2 Å². The molecule has 1 aromatic heterocycles. The van der Waals surface area contributed by atoms with Crippen LogP contribution in [0.3, 0.4) is 0 Å². The van der Waals surface area contributed by atoms with Crippen molar-refractivity contribution in [2.24, 2.45) is 5.73 Å². The number of primary amides is 1. The van der Waals surface area contributed by atoms with E-state index in [1.165, 1.54) is 6.20 Å². The van der Waals surface area contributed by atoms with Crippen molar-refractivity contribution in [3.05, 3.63) is 36.0 Å². The molecule has 104 valence electrons. The summed E-state index contributed by atoms with van der Waals surface area (Å²) in [5.41, 5.74) is 7.00. The minimum atomic E-state index is -0.846. The number of hydrogen-bond donors (Lipinski definition) is 3. The van der Waals surface area contributed by atoms with Crippen molar-refractivity contribution in [3.63, 3.8) is 0 Å². The minimum absolute atomic E-state index is 0.0714. The predicted octanol–water partition coefficient (Wildman–Crippen LogP) is 1.61. The second-order valence-corrected chi connectivity index (χ2v) is 4.35. The molecule has 0 unspecified atom stereocenters. The number of aliphatic carboxylic acids is 1. The lowest BCUT2D eigenvalue weighted by molar-refractivity contribution is -0.137. The quantitative estimate of drug-likeness (QED) is 0.693. The highest BCUT2D eigenvalue weighted by atomic mass is 16.4. The molecule has 0 saturated heterocycles. The van der Waals surface area contributed by atoms with Crippen LogP contribution in [0.4, 0.5) is 5.69 Å². The first kappa shape index (κ1) is 13.8. The Morgan fingerprint density at radius 2 is 2.05 bits per heavy atom. The number of aromatic nitrogens is 1. The topological polar surface area (TPSA) is 105 Å². The zero-order valence-electron chi connectivity index (χ0n) is 10.8. The number of rotatable bonds is 6. The molecule has 6 nitrogen and oxygen atoms in total. The Hall–Kier alpha value is -2.63. The summed E-state index contributed by atoms with van der Waals surface area (Å²) < 4.78 is 0. The summed E-state index contributed by atoms with van der Waals surface area (Å²) in [5, 5.41) is 12.5. The van der Waals surface area contributed by atoms with Crippen LogP contribution in [0, 0.1) is 0 Å². The summed E-state index contributed by atoms with van der Waals surface area (Å²) in [4.78, 5) is 26.1. The fourth-order valence-electron chi connectivity index (χ4n) is 1.97. The molecule has 2 rings (SSSR count). The van der Waals surface area contributed by atoms with Gasteiger partial charge in [-0.1, -0.05) is 18.2 Å². The fourth-order valence-corrected chi connectivity index (χ4v) is 1.97. The first-order chi connectivity index (χ1) is 9.59. The molecule has 0 aliphatic heterocycles. The number of amides is 1. The normalized spacial score (nSPS) is 10.4. The van der Waals surface area contributed by atoms with Gasteiger partial charge in [-0.3, -0.25) is 14.6 Å². The highest BCUT2D eigenvalue weighted by Crippen LogP contribution is 2.25. The summed E-state index contributed by atoms with van der Waals surface area (Å²) in [6.07, 6.45) is 1.97. The van der Waals surface area contributed by atoms with Gasteiger partial charge in [-0.15, -0.1) is 0 Å². The number of para-hydroxylation sites is 1. The van der Waals surface area contributed by atoms with Crippen molar-refractivity contribution in [2.75, 3.05) is 11.9 Å². The molecule has 20 heavy (non-hydrogen) atoms. The second kappa shape index (κ2) is 6.01. The second-order valence-electron chi connectivity index (χ2n) is 4.35. The van der Waals surface area contributed by atoms with E-state index in [2.05, 4.69) is 10.3 Å². The van der Waals surface area contributed by atoms with E-state index < -0.39 is 11.9 Å². The van der Waals surface area contributed by atoms with Crippen LogP contribution < -0.4 is 11.1 Å². The average Bonchev–Trinajstić information content (AvgIpc) is 2.42. The molecular formula is C14H15N3O3.